The maximum Gasteiger partial charge on any atom is 0.326 e. The lowest BCUT2D eigenvalue weighted by Gasteiger charge is -2.35. The molecule has 0 fully saturated rings. The summed E-state index contributed by atoms with van der Waals surface area (Å²) in [6.45, 7) is 2.47. The predicted octanol–water partition coefficient (Wildman–Crippen LogP) is 4.92. The van der Waals surface area contributed by atoms with Gasteiger partial charge < -0.3 is 19.2 Å². The van der Waals surface area contributed by atoms with Crippen molar-refractivity contribution in [1.82, 2.24) is 9.88 Å². The van der Waals surface area contributed by atoms with Crippen LogP contribution in [0.5, 0.6) is 5.75 Å². The molecule has 0 radical (unpaired) electrons. The van der Waals surface area contributed by atoms with Crippen LogP contribution >= 0.6 is 0 Å². The third-order valence-electron chi connectivity index (χ3n) is 6.43. The Morgan fingerprint density at radius 1 is 1.06 bits per heavy atom. The molecular weight excluding hydrogens is 456 g/mol. The number of hydrogen-bond donors (Lipinski definition) is 1. The summed E-state index contributed by atoms with van der Waals surface area (Å²) in [5, 5.41) is 9.82. The van der Waals surface area contributed by atoms with Gasteiger partial charge in [0.05, 0.1) is 12.3 Å². The highest BCUT2D eigenvalue weighted by Crippen LogP contribution is 2.29. The average molecular weight is 483 g/mol. The van der Waals surface area contributed by atoms with Crippen LogP contribution in [-0.4, -0.2) is 39.5 Å². The minimum Gasteiger partial charge on any atom is -0.493 e. The molecule has 4 aromatic rings. The van der Waals surface area contributed by atoms with Gasteiger partial charge in [-0.25, -0.2) is 9.78 Å². The molecule has 5 rings (SSSR count). The first kappa shape index (κ1) is 23.4. The van der Waals surface area contributed by atoms with Gasteiger partial charge >= 0.3 is 5.97 Å². The van der Waals surface area contributed by atoms with Crippen LogP contribution in [0.4, 0.5) is 0 Å². The second kappa shape index (κ2) is 10.1. The van der Waals surface area contributed by atoms with Crippen LogP contribution < -0.4 is 4.74 Å². The average Bonchev–Trinajstić information content (AvgIpc) is 3.37. The van der Waals surface area contributed by atoms with Gasteiger partial charge in [0, 0.05) is 30.5 Å². The Morgan fingerprint density at radius 3 is 2.61 bits per heavy atom. The third kappa shape index (κ3) is 4.86. The van der Waals surface area contributed by atoms with Gasteiger partial charge in [-0.3, -0.25) is 4.79 Å². The molecule has 7 heteroatoms. The first-order chi connectivity index (χ1) is 17.5. The number of carbonyl (C=O) groups excluding carboxylic acids is 1. The molecule has 0 saturated carbocycles. The molecule has 0 bridgehead atoms. The maximum absolute atomic E-state index is 13.3. The summed E-state index contributed by atoms with van der Waals surface area (Å²) in [5.74, 6) is -0.0495. The van der Waals surface area contributed by atoms with E-state index in [2.05, 4.69) is 4.98 Å². The molecule has 182 valence electrons. The number of amides is 1. The van der Waals surface area contributed by atoms with Gasteiger partial charge in [0.15, 0.2) is 0 Å². The number of carbonyl (C=O) groups is 2. The molecular formula is C29H26N2O5. The maximum atomic E-state index is 13.3. The van der Waals surface area contributed by atoms with E-state index < -0.39 is 12.0 Å². The van der Waals surface area contributed by atoms with Gasteiger partial charge in [0.25, 0.3) is 5.91 Å². The van der Waals surface area contributed by atoms with Crippen molar-refractivity contribution in [3.8, 4) is 17.2 Å². The standard InChI is InChI=1S/C29H26N2O5/c1-19-7-5-6-10-25(19)28(32)31-17-22-15-24(12-11-21(22)16-26(31)29(33)34)35-14-13-23-18-36-27(30-23)20-8-3-2-4-9-20/h2-12,15,18,26H,13-14,16-17H2,1H3,(H,33,34). The number of rotatable bonds is 7. The Hall–Kier alpha value is -4.39. The van der Waals surface area contributed by atoms with Crippen LogP contribution in [0.25, 0.3) is 11.5 Å². The Morgan fingerprint density at radius 2 is 1.83 bits per heavy atom. The van der Waals surface area contributed by atoms with Crippen LogP contribution in [0, 0.1) is 6.92 Å². The molecule has 1 unspecified atom stereocenters. The number of ether oxygens (including phenoxy) is 1. The first-order valence-corrected chi connectivity index (χ1v) is 11.8. The molecule has 3 aromatic carbocycles. The summed E-state index contributed by atoms with van der Waals surface area (Å²) in [6.07, 6.45) is 2.47. The lowest BCUT2D eigenvalue weighted by atomic mass is 9.92. The fraction of sp³-hybridized carbons (Fsp3) is 0.207. The number of carboxylic acids is 1. The normalized spacial score (nSPS) is 14.8. The van der Waals surface area contributed by atoms with Crippen molar-refractivity contribution >= 4 is 11.9 Å². The zero-order chi connectivity index (χ0) is 25.1. The molecule has 0 saturated heterocycles. The number of nitrogens with zero attached hydrogens (tertiary/aromatic N) is 2. The Kier molecular flexibility index (Phi) is 6.54. The SMILES string of the molecule is Cc1ccccc1C(=O)N1Cc2cc(OCCc3coc(-c4ccccc4)n3)ccc2CC1C(=O)O. The van der Waals surface area contributed by atoms with Crippen LogP contribution in [0.2, 0.25) is 0 Å². The van der Waals surface area contributed by atoms with E-state index in [9.17, 15) is 14.7 Å². The number of aryl methyl sites for hydroxylation is 1. The monoisotopic (exact) mass is 482 g/mol. The minimum atomic E-state index is -1.01. The van der Waals surface area contributed by atoms with Gasteiger partial charge in [-0.15, -0.1) is 0 Å². The molecule has 0 aliphatic carbocycles. The van der Waals surface area contributed by atoms with Crippen molar-refractivity contribution in [3.63, 3.8) is 0 Å². The predicted molar refractivity (Wildman–Crippen MR) is 134 cm³/mol. The molecule has 1 amide bonds. The summed E-state index contributed by atoms with van der Waals surface area (Å²) in [4.78, 5) is 31.2. The number of carboxylic acid groups (broad SMARTS) is 1. The lowest BCUT2D eigenvalue weighted by Crippen LogP contribution is -2.48. The van der Waals surface area contributed by atoms with Gasteiger partial charge in [0.1, 0.15) is 18.1 Å². The van der Waals surface area contributed by atoms with Crippen molar-refractivity contribution < 1.29 is 23.8 Å². The molecule has 36 heavy (non-hydrogen) atoms. The van der Waals surface area contributed by atoms with Crippen LogP contribution in [0.1, 0.15) is 32.7 Å². The van der Waals surface area contributed by atoms with Gasteiger partial charge in [0.2, 0.25) is 5.89 Å². The van der Waals surface area contributed by atoms with Gasteiger partial charge in [-0.05, 0) is 53.9 Å². The van der Waals surface area contributed by atoms with Crippen LogP contribution in [-0.2, 0) is 24.2 Å². The van der Waals surface area contributed by atoms with Crippen LogP contribution in [0.15, 0.2) is 83.5 Å². The smallest absolute Gasteiger partial charge is 0.326 e. The van der Waals surface area contributed by atoms with Crippen molar-refractivity contribution in [2.24, 2.45) is 0 Å². The number of hydrogen-bond acceptors (Lipinski definition) is 5. The van der Waals surface area contributed by atoms with E-state index >= 15 is 0 Å². The Bertz CT molecular complexity index is 1400. The first-order valence-electron chi connectivity index (χ1n) is 11.8. The fourth-order valence-corrected chi connectivity index (χ4v) is 4.46. The summed E-state index contributed by atoms with van der Waals surface area (Å²) >= 11 is 0. The third-order valence-corrected chi connectivity index (χ3v) is 6.43. The van der Waals surface area contributed by atoms with E-state index in [-0.39, 0.29) is 18.9 Å². The van der Waals surface area contributed by atoms with E-state index in [0.29, 0.717) is 30.2 Å². The Balaban J connectivity index is 1.27. The summed E-state index contributed by atoms with van der Waals surface area (Å²) in [5.41, 5.74) is 4.85. The highest BCUT2D eigenvalue weighted by Gasteiger charge is 2.35. The van der Waals surface area contributed by atoms with E-state index in [1.54, 1.807) is 18.4 Å². The van der Waals surface area contributed by atoms with E-state index in [4.69, 9.17) is 9.15 Å². The second-order valence-electron chi connectivity index (χ2n) is 8.85. The summed E-state index contributed by atoms with van der Waals surface area (Å²) < 4.78 is 11.5. The van der Waals surface area contributed by atoms with Gasteiger partial charge in [-0.1, -0.05) is 42.5 Å². The van der Waals surface area contributed by atoms with Crippen molar-refractivity contribution in [2.45, 2.75) is 32.4 Å². The topological polar surface area (TPSA) is 92.9 Å². The zero-order valence-corrected chi connectivity index (χ0v) is 19.9. The van der Waals surface area contributed by atoms with Crippen LogP contribution in [0.3, 0.4) is 0 Å². The number of fused-ring (bicyclic) bond motifs is 1. The lowest BCUT2D eigenvalue weighted by molar-refractivity contribution is -0.142. The molecule has 1 atom stereocenters. The van der Waals surface area contributed by atoms with E-state index in [1.165, 1.54) is 4.90 Å². The highest BCUT2D eigenvalue weighted by molar-refractivity contribution is 5.98. The quantitative estimate of drug-likeness (QED) is 0.402. The number of aliphatic carboxylic acids is 1. The molecule has 1 aliphatic heterocycles. The largest absolute Gasteiger partial charge is 0.493 e. The number of aromatic nitrogens is 1. The molecule has 0 spiro atoms. The second-order valence-corrected chi connectivity index (χ2v) is 8.85. The Labute approximate surface area is 209 Å². The number of benzene rings is 3. The summed E-state index contributed by atoms with van der Waals surface area (Å²) in [6, 6.07) is 21.7. The van der Waals surface area contributed by atoms with Crippen molar-refractivity contribution in [1.29, 1.82) is 0 Å². The van der Waals surface area contributed by atoms with E-state index in [1.807, 2.05) is 67.6 Å². The molecule has 1 aliphatic rings. The van der Waals surface area contributed by atoms with Gasteiger partial charge in [-0.2, -0.15) is 0 Å². The summed E-state index contributed by atoms with van der Waals surface area (Å²) in [7, 11) is 0. The minimum absolute atomic E-state index is 0.209. The fourth-order valence-electron chi connectivity index (χ4n) is 4.46. The zero-order valence-electron chi connectivity index (χ0n) is 19.9. The molecule has 1 N–H and O–H groups in total. The molecule has 7 nitrogen and oxygen atoms in total. The molecule has 1 aromatic heterocycles. The van der Waals surface area contributed by atoms with Crippen molar-refractivity contribution in [3.05, 3.63) is 107 Å². The highest BCUT2D eigenvalue weighted by atomic mass is 16.5. The molecule has 2 heterocycles. The number of oxazole rings is 1. The van der Waals surface area contributed by atoms with Crippen molar-refractivity contribution in [2.75, 3.05) is 6.61 Å². The van der Waals surface area contributed by atoms with E-state index in [0.717, 1.165) is 27.9 Å².